The van der Waals surface area contributed by atoms with Gasteiger partial charge in [-0.1, -0.05) is 47.5 Å². The highest BCUT2D eigenvalue weighted by Crippen LogP contribution is 2.35. The molecule has 6 nitrogen and oxygen atoms in total. The van der Waals surface area contributed by atoms with Crippen LogP contribution in [0.25, 0.3) is 27.6 Å². The zero-order valence-corrected chi connectivity index (χ0v) is 19.4. The molecule has 1 amide bonds. The Kier molecular flexibility index (Phi) is 5.19. The van der Waals surface area contributed by atoms with Crippen molar-refractivity contribution in [1.82, 2.24) is 14.5 Å². The molecule has 0 saturated heterocycles. The van der Waals surface area contributed by atoms with Gasteiger partial charge in [-0.25, -0.2) is 9.97 Å². The summed E-state index contributed by atoms with van der Waals surface area (Å²) in [5.74, 6) is -0.250. The lowest BCUT2D eigenvalue weighted by Crippen LogP contribution is -2.17. The van der Waals surface area contributed by atoms with E-state index in [1.807, 2.05) is 66.9 Å². The highest BCUT2D eigenvalue weighted by atomic mass is 35.5. The van der Waals surface area contributed by atoms with Gasteiger partial charge in [-0.15, -0.1) is 0 Å². The lowest BCUT2D eigenvalue weighted by Gasteiger charge is -2.10. The Hall–Kier alpha value is -3.61. The number of hydrogen-bond acceptors (Lipinski definition) is 4. The number of nitrogens with one attached hydrogen (secondary N) is 1. The third-order valence-corrected chi connectivity index (χ3v) is 6.41. The van der Waals surface area contributed by atoms with E-state index in [-0.39, 0.29) is 11.6 Å². The van der Waals surface area contributed by atoms with E-state index in [4.69, 9.17) is 28.9 Å². The van der Waals surface area contributed by atoms with Crippen LogP contribution in [0.4, 0.5) is 11.5 Å². The van der Waals surface area contributed by atoms with Crippen molar-refractivity contribution in [2.45, 2.75) is 13.8 Å². The van der Waals surface area contributed by atoms with E-state index in [1.54, 1.807) is 12.1 Å². The van der Waals surface area contributed by atoms with E-state index >= 15 is 0 Å². The van der Waals surface area contributed by atoms with Gasteiger partial charge in [0, 0.05) is 16.8 Å². The average molecular weight is 476 g/mol. The molecule has 2 heterocycles. The van der Waals surface area contributed by atoms with Gasteiger partial charge < -0.3 is 11.1 Å². The fourth-order valence-corrected chi connectivity index (χ4v) is 4.17. The van der Waals surface area contributed by atoms with Crippen molar-refractivity contribution >= 4 is 62.6 Å². The van der Waals surface area contributed by atoms with Gasteiger partial charge in [0.2, 0.25) is 5.82 Å². The predicted octanol–water partition coefficient (Wildman–Crippen LogP) is 6.33. The number of rotatable bonds is 3. The van der Waals surface area contributed by atoms with Crippen molar-refractivity contribution in [3.8, 4) is 5.69 Å². The van der Waals surface area contributed by atoms with Gasteiger partial charge in [-0.2, -0.15) is 0 Å². The molecule has 5 aromatic rings. The van der Waals surface area contributed by atoms with E-state index in [0.29, 0.717) is 26.8 Å². The van der Waals surface area contributed by atoms with Gasteiger partial charge in [0.15, 0.2) is 5.65 Å². The summed E-state index contributed by atoms with van der Waals surface area (Å²) in [6, 6.07) is 18.7. The molecule has 0 spiro atoms. The molecule has 33 heavy (non-hydrogen) atoms. The molecule has 3 aromatic carbocycles. The minimum atomic E-state index is -0.446. The normalized spacial score (nSPS) is 11.3. The summed E-state index contributed by atoms with van der Waals surface area (Å²) in [5, 5.41) is 5.26. The molecule has 0 saturated carbocycles. The molecule has 0 aliphatic heterocycles. The summed E-state index contributed by atoms with van der Waals surface area (Å²) in [6.07, 6.45) is 0. The van der Waals surface area contributed by atoms with Crippen LogP contribution >= 0.6 is 23.2 Å². The number of amides is 1. The first-order chi connectivity index (χ1) is 15.8. The Labute approximate surface area is 200 Å². The number of aromatic nitrogens is 3. The number of halogens is 2. The van der Waals surface area contributed by atoms with Crippen LogP contribution in [0.5, 0.6) is 0 Å². The van der Waals surface area contributed by atoms with E-state index in [0.717, 1.165) is 27.7 Å². The number of benzene rings is 3. The quantitative estimate of drug-likeness (QED) is 0.319. The van der Waals surface area contributed by atoms with Gasteiger partial charge in [-0.3, -0.25) is 9.36 Å². The molecule has 0 bridgehead atoms. The van der Waals surface area contributed by atoms with Gasteiger partial charge >= 0.3 is 0 Å². The summed E-state index contributed by atoms with van der Waals surface area (Å²) in [4.78, 5) is 22.0. The number of para-hydroxylation sites is 1. The van der Waals surface area contributed by atoms with Crippen molar-refractivity contribution in [3.63, 3.8) is 0 Å². The third-order valence-electron chi connectivity index (χ3n) is 5.67. The number of aryl methyl sites for hydroxylation is 2. The first kappa shape index (κ1) is 21.2. The summed E-state index contributed by atoms with van der Waals surface area (Å²) < 4.78 is 1.90. The smallest absolute Gasteiger partial charge is 0.293 e. The highest BCUT2D eigenvalue weighted by molar-refractivity contribution is 6.42. The van der Waals surface area contributed by atoms with Crippen molar-refractivity contribution in [2.75, 3.05) is 11.1 Å². The number of nitrogen functional groups attached to an aromatic ring is 1. The van der Waals surface area contributed by atoms with Crippen molar-refractivity contribution in [2.24, 2.45) is 0 Å². The molecule has 2 aromatic heterocycles. The second kappa shape index (κ2) is 8.06. The number of fused-ring (bicyclic) bond motifs is 3. The van der Waals surface area contributed by atoms with Crippen molar-refractivity contribution in [1.29, 1.82) is 0 Å². The van der Waals surface area contributed by atoms with E-state index < -0.39 is 5.91 Å². The second-order valence-corrected chi connectivity index (χ2v) is 8.65. The summed E-state index contributed by atoms with van der Waals surface area (Å²) in [7, 11) is 0. The minimum Gasteiger partial charge on any atom is -0.383 e. The van der Waals surface area contributed by atoms with Gasteiger partial charge in [0.1, 0.15) is 5.82 Å². The number of carbonyl (C=O) groups is 1. The molecule has 3 N–H and O–H groups in total. The van der Waals surface area contributed by atoms with Crippen LogP contribution in [0, 0.1) is 13.8 Å². The molecule has 0 aliphatic carbocycles. The molecule has 0 unspecified atom stereocenters. The lowest BCUT2D eigenvalue weighted by molar-refractivity contribution is 0.101. The van der Waals surface area contributed by atoms with Crippen LogP contribution in [0.3, 0.4) is 0 Å². The maximum atomic E-state index is 13.0. The molecule has 5 rings (SSSR count). The fourth-order valence-electron chi connectivity index (χ4n) is 3.87. The molecule has 0 atom stereocenters. The zero-order chi connectivity index (χ0) is 23.3. The van der Waals surface area contributed by atoms with Crippen LogP contribution in [0.2, 0.25) is 10.0 Å². The highest BCUT2D eigenvalue weighted by Gasteiger charge is 2.21. The number of nitrogens with zero attached hydrogens (tertiary/aromatic N) is 3. The third kappa shape index (κ3) is 3.67. The number of hydrogen-bond donors (Lipinski definition) is 2. The monoisotopic (exact) mass is 475 g/mol. The molecule has 0 radical (unpaired) electrons. The van der Waals surface area contributed by atoms with Crippen LogP contribution in [0.15, 0.2) is 60.7 Å². The fraction of sp³-hybridized carbons (Fsp3) is 0.0800. The van der Waals surface area contributed by atoms with E-state index in [9.17, 15) is 4.79 Å². The van der Waals surface area contributed by atoms with E-state index in [1.165, 1.54) is 0 Å². The maximum Gasteiger partial charge on any atom is 0.293 e. The second-order valence-electron chi connectivity index (χ2n) is 7.84. The Bertz CT molecular complexity index is 1570. The van der Waals surface area contributed by atoms with Crippen LogP contribution in [-0.2, 0) is 0 Å². The SMILES string of the molecule is Cc1ccc(NC(=O)c2nc(N)c3c4ccccc4n(-c4ccc(Cl)c(Cl)c4)c3n2)cc1C. The molecule has 0 fully saturated rings. The summed E-state index contributed by atoms with van der Waals surface area (Å²) in [5.41, 5.74) is 11.3. The molecular formula is C25H19Cl2N5O. The van der Waals surface area contributed by atoms with Crippen LogP contribution in [0.1, 0.15) is 21.7 Å². The van der Waals surface area contributed by atoms with Gasteiger partial charge in [0.05, 0.1) is 20.9 Å². The van der Waals surface area contributed by atoms with Crippen molar-refractivity contribution in [3.05, 3.63) is 87.7 Å². The number of nitrogens with two attached hydrogens (primary N) is 1. The minimum absolute atomic E-state index is 0.0256. The molecule has 0 aliphatic rings. The predicted molar refractivity (Wildman–Crippen MR) is 135 cm³/mol. The Morgan fingerprint density at radius 3 is 2.48 bits per heavy atom. The molecular weight excluding hydrogens is 457 g/mol. The van der Waals surface area contributed by atoms with Crippen molar-refractivity contribution < 1.29 is 4.79 Å². The first-order valence-electron chi connectivity index (χ1n) is 10.2. The Balaban J connectivity index is 1.70. The Morgan fingerprint density at radius 2 is 1.73 bits per heavy atom. The first-order valence-corrected chi connectivity index (χ1v) is 11.0. The van der Waals surface area contributed by atoms with E-state index in [2.05, 4.69) is 15.3 Å². The molecule has 164 valence electrons. The van der Waals surface area contributed by atoms with Crippen LogP contribution in [-0.4, -0.2) is 20.4 Å². The van der Waals surface area contributed by atoms with Crippen LogP contribution < -0.4 is 11.1 Å². The number of anilines is 2. The topological polar surface area (TPSA) is 85.8 Å². The lowest BCUT2D eigenvalue weighted by atomic mass is 10.1. The average Bonchev–Trinajstić information content (AvgIpc) is 3.13. The largest absolute Gasteiger partial charge is 0.383 e. The Morgan fingerprint density at radius 1 is 0.939 bits per heavy atom. The standard InChI is InChI=1S/C25H19Cl2N5O/c1-13-7-8-15(11-14(13)2)29-25(33)23-30-22(28)21-17-5-3-4-6-20(17)32(24(21)31-23)16-9-10-18(26)19(27)12-16/h3-12H,1-2H3,(H,29,33)(H2,28,30,31). The summed E-state index contributed by atoms with van der Waals surface area (Å²) in [6.45, 7) is 4.00. The molecule has 8 heteroatoms. The van der Waals surface area contributed by atoms with Gasteiger partial charge in [0.25, 0.3) is 5.91 Å². The summed E-state index contributed by atoms with van der Waals surface area (Å²) >= 11 is 12.4. The zero-order valence-electron chi connectivity index (χ0n) is 17.9. The number of carbonyl (C=O) groups excluding carboxylic acids is 1. The maximum absolute atomic E-state index is 13.0. The van der Waals surface area contributed by atoms with Gasteiger partial charge in [-0.05, 0) is 61.4 Å².